The van der Waals surface area contributed by atoms with Gasteiger partial charge in [0.2, 0.25) is 11.8 Å². The Labute approximate surface area is 161 Å². The monoisotopic (exact) mass is 384 g/mol. The van der Waals surface area contributed by atoms with Crippen molar-refractivity contribution < 1.29 is 18.8 Å². The minimum absolute atomic E-state index is 0.108. The van der Waals surface area contributed by atoms with E-state index in [4.69, 9.17) is 0 Å². The number of nitrogens with zero attached hydrogens (tertiary/aromatic N) is 2. The van der Waals surface area contributed by atoms with Crippen molar-refractivity contribution in [2.75, 3.05) is 13.1 Å². The van der Waals surface area contributed by atoms with E-state index in [-0.39, 0.29) is 30.6 Å². The summed E-state index contributed by atoms with van der Waals surface area (Å²) < 4.78 is 13.0. The number of hydrogen-bond donors (Lipinski definition) is 2. The van der Waals surface area contributed by atoms with Crippen LogP contribution < -0.4 is 10.9 Å². The maximum absolute atomic E-state index is 13.0. The molecule has 0 bridgehead atoms. The molecule has 1 aromatic heterocycles. The van der Waals surface area contributed by atoms with Crippen molar-refractivity contribution in [2.24, 2.45) is 5.92 Å². The number of rotatable bonds is 4. The third kappa shape index (κ3) is 5.12. The van der Waals surface area contributed by atoms with Crippen molar-refractivity contribution in [1.82, 2.24) is 20.7 Å². The average Bonchev–Trinajstić information content (AvgIpc) is 2.74. The lowest BCUT2D eigenvalue weighted by Gasteiger charge is -2.32. The minimum Gasteiger partial charge on any atom is -0.342 e. The van der Waals surface area contributed by atoms with Gasteiger partial charge in [-0.2, -0.15) is 0 Å². The Kier molecular flexibility index (Phi) is 6.31. The number of nitrogens with one attached hydrogen (secondary N) is 2. The van der Waals surface area contributed by atoms with Crippen LogP contribution in [-0.4, -0.2) is 40.7 Å². The predicted octanol–water partition coefficient (Wildman–Crippen LogP) is 1.46. The molecule has 146 valence electrons. The molecule has 8 heteroatoms. The Morgan fingerprint density at radius 3 is 2.64 bits per heavy atom. The van der Waals surface area contributed by atoms with Gasteiger partial charge >= 0.3 is 0 Å². The van der Waals surface area contributed by atoms with Gasteiger partial charge in [-0.3, -0.25) is 30.2 Å². The number of amides is 3. The van der Waals surface area contributed by atoms with Crippen LogP contribution in [0.1, 0.15) is 28.8 Å². The predicted molar refractivity (Wildman–Crippen MR) is 99.3 cm³/mol. The number of aromatic nitrogens is 1. The molecule has 1 atom stereocenters. The van der Waals surface area contributed by atoms with E-state index in [0.717, 1.165) is 5.56 Å². The Bertz CT molecular complexity index is 842. The van der Waals surface area contributed by atoms with Gasteiger partial charge in [0.15, 0.2) is 0 Å². The van der Waals surface area contributed by atoms with Gasteiger partial charge in [-0.25, -0.2) is 4.39 Å². The maximum atomic E-state index is 13.0. The molecule has 3 rings (SSSR count). The molecule has 2 N–H and O–H groups in total. The van der Waals surface area contributed by atoms with E-state index in [2.05, 4.69) is 15.8 Å². The van der Waals surface area contributed by atoms with Gasteiger partial charge in [0, 0.05) is 25.5 Å². The molecule has 1 fully saturated rings. The molecule has 1 aliphatic rings. The van der Waals surface area contributed by atoms with Crippen molar-refractivity contribution in [1.29, 1.82) is 0 Å². The first kappa shape index (κ1) is 19.5. The number of carbonyl (C=O) groups is 3. The number of carbonyl (C=O) groups excluding carboxylic acids is 3. The second-order valence-corrected chi connectivity index (χ2v) is 6.67. The molecular weight excluding hydrogens is 363 g/mol. The van der Waals surface area contributed by atoms with E-state index in [1.807, 2.05) is 0 Å². The average molecular weight is 384 g/mol. The fraction of sp³-hybridized carbons (Fsp3) is 0.300. The molecule has 28 heavy (non-hydrogen) atoms. The third-order valence-corrected chi connectivity index (χ3v) is 4.64. The number of hydrazine groups is 1. The highest BCUT2D eigenvalue weighted by molar-refractivity contribution is 5.95. The molecule has 0 saturated carbocycles. The Morgan fingerprint density at radius 2 is 1.93 bits per heavy atom. The lowest BCUT2D eigenvalue weighted by Crippen LogP contribution is -2.50. The van der Waals surface area contributed by atoms with Gasteiger partial charge < -0.3 is 4.90 Å². The highest BCUT2D eigenvalue weighted by Gasteiger charge is 2.28. The number of piperidine rings is 1. The molecule has 2 aromatic rings. The second kappa shape index (κ2) is 9.07. The molecule has 1 aromatic carbocycles. The van der Waals surface area contributed by atoms with Crippen molar-refractivity contribution in [2.45, 2.75) is 19.3 Å². The first-order valence-electron chi connectivity index (χ1n) is 9.05. The summed E-state index contributed by atoms with van der Waals surface area (Å²) in [5.41, 5.74) is 5.85. The molecule has 0 aliphatic carbocycles. The Morgan fingerprint density at radius 1 is 1.14 bits per heavy atom. The SMILES string of the molecule is O=C(NNC(=O)C1CCCN(C(=O)Cc2ccc(F)cc2)C1)c1cccnc1. The summed E-state index contributed by atoms with van der Waals surface area (Å²) in [7, 11) is 0. The number of hydrogen-bond acceptors (Lipinski definition) is 4. The zero-order valence-corrected chi connectivity index (χ0v) is 15.2. The molecule has 7 nitrogen and oxygen atoms in total. The molecule has 2 heterocycles. The van der Waals surface area contributed by atoms with E-state index in [1.165, 1.54) is 18.3 Å². The summed E-state index contributed by atoms with van der Waals surface area (Å²) in [5, 5.41) is 0. The van der Waals surface area contributed by atoms with Crippen LogP contribution in [0.4, 0.5) is 4.39 Å². The molecule has 0 spiro atoms. The topological polar surface area (TPSA) is 91.4 Å². The Balaban J connectivity index is 1.50. The zero-order chi connectivity index (χ0) is 19.9. The van der Waals surface area contributed by atoms with Crippen molar-refractivity contribution in [3.63, 3.8) is 0 Å². The summed E-state index contributed by atoms with van der Waals surface area (Å²) >= 11 is 0. The minimum atomic E-state index is -0.457. The summed E-state index contributed by atoms with van der Waals surface area (Å²) in [5.74, 6) is -1.65. The van der Waals surface area contributed by atoms with Gasteiger partial charge in [0.1, 0.15) is 5.82 Å². The van der Waals surface area contributed by atoms with Crippen molar-refractivity contribution in [3.8, 4) is 0 Å². The molecule has 1 aliphatic heterocycles. The van der Waals surface area contributed by atoms with Crippen LogP contribution in [0.15, 0.2) is 48.8 Å². The lowest BCUT2D eigenvalue weighted by molar-refractivity contribution is -0.135. The second-order valence-electron chi connectivity index (χ2n) is 6.67. The molecule has 0 radical (unpaired) electrons. The summed E-state index contributed by atoms with van der Waals surface area (Å²) in [6.07, 6.45) is 4.44. The van der Waals surface area contributed by atoms with Crippen LogP contribution >= 0.6 is 0 Å². The number of pyridine rings is 1. The largest absolute Gasteiger partial charge is 0.342 e. The van der Waals surface area contributed by atoms with E-state index in [1.54, 1.807) is 35.4 Å². The zero-order valence-electron chi connectivity index (χ0n) is 15.2. The van der Waals surface area contributed by atoms with Crippen LogP contribution in [0.2, 0.25) is 0 Å². The highest BCUT2D eigenvalue weighted by atomic mass is 19.1. The van der Waals surface area contributed by atoms with Gasteiger partial charge in [-0.15, -0.1) is 0 Å². The number of benzene rings is 1. The fourth-order valence-corrected chi connectivity index (χ4v) is 3.10. The van der Waals surface area contributed by atoms with Crippen LogP contribution in [-0.2, 0) is 16.0 Å². The summed E-state index contributed by atoms with van der Waals surface area (Å²) in [6.45, 7) is 0.862. The van der Waals surface area contributed by atoms with E-state index in [9.17, 15) is 18.8 Å². The first-order chi connectivity index (χ1) is 13.5. The van der Waals surface area contributed by atoms with Gasteiger partial charge in [0.05, 0.1) is 17.9 Å². The van der Waals surface area contributed by atoms with Crippen LogP contribution in [0.5, 0.6) is 0 Å². The molecule has 3 amide bonds. The van der Waals surface area contributed by atoms with Crippen LogP contribution in [0.25, 0.3) is 0 Å². The fourth-order valence-electron chi connectivity index (χ4n) is 3.10. The maximum Gasteiger partial charge on any atom is 0.271 e. The Hall–Kier alpha value is -3.29. The van der Waals surface area contributed by atoms with Gasteiger partial charge in [-0.05, 0) is 42.7 Å². The van der Waals surface area contributed by atoms with E-state index < -0.39 is 11.8 Å². The standard InChI is InChI=1S/C20H21FN4O3/c21-17-7-5-14(6-8-17)11-18(26)25-10-2-4-16(13-25)20(28)24-23-19(27)15-3-1-9-22-12-15/h1,3,5-9,12,16H,2,4,10-11,13H2,(H,23,27)(H,24,28). The number of likely N-dealkylation sites (tertiary alicyclic amines) is 1. The third-order valence-electron chi connectivity index (χ3n) is 4.64. The van der Waals surface area contributed by atoms with E-state index >= 15 is 0 Å². The summed E-state index contributed by atoms with van der Waals surface area (Å²) in [6, 6.07) is 9.01. The highest BCUT2D eigenvalue weighted by Crippen LogP contribution is 2.18. The van der Waals surface area contributed by atoms with Gasteiger partial charge in [-0.1, -0.05) is 12.1 Å². The number of halogens is 1. The quantitative estimate of drug-likeness (QED) is 0.781. The molecular formula is C20H21FN4O3. The first-order valence-corrected chi connectivity index (χ1v) is 9.05. The normalized spacial score (nSPS) is 16.3. The van der Waals surface area contributed by atoms with E-state index in [0.29, 0.717) is 24.9 Å². The smallest absolute Gasteiger partial charge is 0.271 e. The van der Waals surface area contributed by atoms with Crippen LogP contribution in [0.3, 0.4) is 0 Å². The molecule has 1 saturated heterocycles. The van der Waals surface area contributed by atoms with Crippen LogP contribution in [0, 0.1) is 11.7 Å². The van der Waals surface area contributed by atoms with Gasteiger partial charge in [0.25, 0.3) is 5.91 Å². The van der Waals surface area contributed by atoms with Crippen molar-refractivity contribution >= 4 is 17.7 Å². The lowest BCUT2D eigenvalue weighted by atomic mass is 9.97. The molecule has 1 unspecified atom stereocenters. The summed E-state index contributed by atoms with van der Waals surface area (Å²) in [4.78, 5) is 42.3. The van der Waals surface area contributed by atoms with Crippen molar-refractivity contribution in [3.05, 3.63) is 65.7 Å².